The van der Waals surface area contributed by atoms with Gasteiger partial charge in [0.1, 0.15) is 0 Å². The van der Waals surface area contributed by atoms with E-state index in [0.29, 0.717) is 0 Å². The van der Waals surface area contributed by atoms with Crippen LogP contribution in [-0.4, -0.2) is 23.0 Å². The van der Waals surface area contributed by atoms with Crippen LogP contribution in [0, 0.1) is 0 Å². The first-order chi connectivity index (χ1) is 5.74. The molecule has 0 aliphatic carbocycles. The summed E-state index contributed by atoms with van der Waals surface area (Å²) in [6.07, 6.45) is 2.87. The van der Waals surface area contributed by atoms with Crippen LogP contribution in [0.2, 0.25) is 0 Å². The third-order valence-corrected chi connectivity index (χ3v) is 1.07. The summed E-state index contributed by atoms with van der Waals surface area (Å²) in [4.78, 5) is 18.1. The zero-order chi connectivity index (χ0) is 8.97. The Balaban J connectivity index is 2.89. The predicted octanol–water partition coefficient (Wildman–Crippen LogP) is 0.410. The van der Waals surface area contributed by atoms with E-state index in [9.17, 15) is 4.79 Å². The topological polar surface area (TPSA) is 61.3 Å². The van der Waals surface area contributed by atoms with Crippen LogP contribution in [0.25, 0.3) is 0 Å². The molecule has 0 amide bonds. The molecule has 0 bridgehead atoms. The predicted molar refractivity (Wildman–Crippen MR) is 39.9 cm³/mol. The fourth-order valence-electron chi connectivity index (χ4n) is 0.659. The van der Waals surface area contributed by atoms with Crippen molar-refractivity contribution >= 4 is 5.97 Å². The lowest BCUT2D eigenvalue weighted by molar-refractivity contribution is -0.132. The maximum Gasteiger partial charge on any atom is 0.309 e. The van der Waals surface area contributed by atoms with Crippen molar-refractivity contribution in [2.45, 2.75) is 6.92 Å². The van der Waals surface area contributed by atoms with Gasteiger partial charge in [-0.05, 0) is 0 Å². The van der Waals surface area contributed by atoms with Crippen molar-refractivity contribution in [2.24, 2.45) is 0 Å². The molecule has 0 saturated heterocycles. The highest BCUT2D eigenvalue weighted by atomic mass is 16.6. The number of hydrogen-bond donors (Lipinski definition) is 0. The summed E-state index contributed by atoms with van der Waals surface area (Å²) < 4.78 is 9.49. The van der Waals surface area contributed by atoms with Gasteiger partial charge < -0.3 is 9.47 Å². The number of carbonyl (C=O) groups is 1. The van der Waals surface area contributed by atoms with Crippen molar-refractivity contribution in [1.29, 1.82) is 0 Å². The summed E-state index contributed by atoms with van der Waals surface area (Å²) >= 11 is 0. The smallest absolute Gasteiger partial charge is 0.309 e. The average Bonchev–Trinajstić information content (AvgIpc) is 2.04. The molecule has 1 heterocycles. The summed E-state index contributed by atoms with van der Waals surface area (Å²) in [5.41, 5.74) is 0. The van der Waals surface area contributed by atoms with Crippen LogP contribution in [0.15, 0.2) is 12.4 Å². The number of aromatic nitrogens is 2. The van der Waals surface area contributed by atoms with Crippen LogP contribution >= 0.6 is 0 Å². The second-order valence-corrected chi connectivity index (χ2v) is 1.96. The van der Waals surface area contributed by atoms with Crippen molar-refractivity contribution in [2.75, 3.05) is 7.11 Å². The summed E-state index contributed by atoms with van der Waals surface area (Å²) in [6.45, 7) is 1.29. The van der Waals surface area contributed by atoms with Crippen LogP contribution in [0.3, 0.4) is 0 Å². The van der Waals surface area contributed by atoms with E-state index in [-0.39, 0.29) is 11.8 Å². The van der Waals surface area contributed by atoms with Crippen molar-refractivity contribution in [3.8, 4) is 11.8 Å². The average molecular weight is 168 g/mol. The highest BCUT2D eigenvalue weighted by Gasteiger charge is 2.07. The first-order valence-electron chi connectivity index (χ1n) is 3.27. The van der Waals surface area contributed by atoms with Crippen LogP contribution < -0.4 is 9.47 Å². The van der Waals surface area contributed by atoms with E-state index in [1.54, 1.807) is 0 Å². The lowest BCUT2D eigenvalue weighted by Crippen LogP contribution is -2.05. The van der Waals surface area contributed by atoms with Gasteiger partial charge >= 0.3 is 5.97 Å². The van der Waals surface area contributed by atoms with Gasteiger partial charge in [0.25, 0.3) is 11.8 Å². The molecule has 0 aliphatic rings. The molecule has 0 saturated carbocycles. The largest absolute Gasteiger partial charge is 0.477 e. The van der Waals surface area contributed by atoms with Crippen molar-refractivity contribution < 1.29 is 14.3 Å². The van der Waals surface area contributed by atoms with Gasteiger partial charge in [-0.3, -0.25) is 4.79 Å². The van der Waals surface area contributed by atoms with E-state index in [1.165, 1.54) is 26.4 Å². The molecule has 0 unspecified atom stereocenters. The second kappa shape index (κ2) is 3.66. The number of rotatable bonds is 2. The quantitative estimate of drug-likeness (QED) is 0.598. The molecule has 1 rings (SSSR count). The summed E-state index contributed by atoms with van der Waals surface area (Å²) in [5.74, 6) is -0.158. The number of esters is 1. The lowest BCUT2D eigenvalue weighted by atomic mass is 10.6. The minimum atomic E-state index is -0.450. The second-order valence-electron chi connectivity index (χ2n) is 1.96. The minimum Gasteiger partial charge on any atom is -0.477 e. The van der Waals surface area contributed by atoms with Gasteiger partial charge in [-0.1, -0.05) is 0 Å². The van der Waals surface area contributed by atoms with Gasteiger partial charge in [-0.25, -0.2) is 9.97 Å². The third-order valence-electron chi connectivity index (χ3n) is 1.07. The molecule has 0 atom stereocenters. The Morgan fingerprint density at radius 2 is 1.92 bits per heavy atom. The zero-order valence-electron chi connectivity index (χ0n) is 6.77. The SMILES string of the molecule is COc1nccnc1OC(C)=O. The molecule has 0 fully saturated rings. The number of nitrogens with zero attached hydrogens (tertiary/aromatic N) is 2. The Kier molecular flexibility index (Phi) is 2.57. The Morgan fingerprint density at radius 3 is 2.42 bits per heavy atom. The number of methoxy groups -OCH3 is 1. The number of ether oxygens (including phenoxy) is 2. The highest BCUT2D eigenvalue weighted by molar-refractivity contribution is 5.69. The maximum absolute atomic E-state index is 10.5. The highest BCUT2D eigenvalue weighted by Crippen LogP contribution is 2.18. The molecule has 0 radical (unpaired) electrons. The van der Waals surface area contributed by atoms with Crippen LogP contribution in [0.4, 0.5) is 0 Å². The van der Waals surface area contributed by atoms with E-state index in [1.807, 2.05) is 0 Å². The fraction of sp³-hybridized carbons (Fsp3) is 0.286. The molecule has 1 aromatic rings. The van der Waals surface area contributed by atoms with Crippen LogP contribution in [0.5, 0.6) is 11.8 Å². The van der Waals surface area contributed by atoms with E-state index in [4.69, 9.17) is 9.47 Å². The van der Waals surface area contributed by atoms with Gasteiger partial charge in [0.15, 0.2) is 0 Å². The molecule has 1 aromatic heterocycles. The molecule has 0 aliphatic heterocycles. The first kappa shape index (κ1) is 8.45. The van der Waals surface area contributed by atoms with E-state index < -0.39 is 5.97 Å². The van der Waals surface area contributed by atoms with Gasteiger partial charge in [0.2, 0.25) is 0 Å². The third kappa shape index (κ3) is 1.91. The molecule has 5 heteroatoms. The Labute approximate surface area is 69.4 Å². The van der Waals surface area contributed by atoms with Gasteiger partial charge in [0.05, 0.1) is 7.11 Å². The Morgan fingerprint density at radius 1 is 1.33 bits per heavy atom. The van der Waals surface area contributed by atoms with Crippen molar-refractivity contribution in [3.05, 3.63) is 12.4 Å². The fourth-order valence-corrected chi connectivity index (χ4v) is 0.659. The zero-order valence-corrected chi connectivity index (χ0v) is 6.77. The molecular weight excluding hydrogens is 160 g/mol. The van der Waals surface area contributed by atoms with Gasteiger partial charge in [-0.2, -0.15) is 0 Å². The molecule has 12 heavy (non-hydrogen) atoms. The summed E-state index contributed by atoms with van der Waals surface area (Å²) in [6, 6.07) is 0. The monoisotopic (exact) mass is 168 g/mol. The Hall–Kier alpha value is -1.65. The molecule has 5 nitrogen and oxygen atoms in total. The molecular formula is C7H8N2O3. The maximum atomic E-state index is 10.5. The van der Waals surface area contributed by atoms with Crippen molar-refractivity contribution in [3.63, 3.8) is 0 Å². The normalized spacial score (nSPS) is 9.17. The molecule has 64 valence electrons. The van der Waals surface area contributed by atoms with Crippen molar-refractivity contribution in [1.82, 2.24) is 9.97 Å². The summed E-state index contributed by atoms with van der Waals surface area (Å²) in [5, 5.41) is 0. The van der Waals surface area contributed by atoms with Gasteiger partial charge in [-0.15, -0.1) is 0 Å². The van der Waals surface area contributed by atoms with E-state index in [0.717, 1.165) is 0 Å². The number of hydrogen-bond acceptors (Lipinski definition) is 5. The molecule has 0 spiro atoms. The molecule has 0 aromatic carbocycles. The first-order valence-corrected chi connectivity index (χ1v) is 3.27. The van der Waals surface area contributed by atoms with Crippen LogP contribution in [-0.2, 0) is 4.79 Å². The van der Waals surface area contributed by atoms with Crippen LogP contribution in [0.1, 0.15) is 6.92 Å². The van der Waals surface area contributed by atoms with E-state index in [2.05, 4.69) is 9.97 Å². The molecule has 0 N–H and O–H groups in total. The van der Waals surface area contributed by atoms with Gasteiger partial charge in [0, 0.05) is 19.3 Å². The standard InChI is InChI=1S/C7H8N2O3/c1-5(10)12-7-6(11-2)8-3-4-9-7/h3-4H,1-2H3. The van der Waals surface area contributed by atoms with E-state index >= 15 is 0 Å². The minimum absolute atomic E-state index is 0.0903. The lowest BCUT2D eigenvalue weighted by Gasteiger charge is -2.03. The number of carbonyl (C=O) groups excluding carboxylic acids is 1. The summed E-state index contributed by atoms with van der Waals surface area (Å²) in [7, 11) is 1.43. The Bertz CT molecular complexity index is 288.